The van der Waals surface area contributed by atoms with Crippen LogP contribution in [0.4, 0.5) is 4.79 Å². The third-order valence-electron chi connectivity index (χ3n) is 12.1. The number of hydrogen-bond donors (Lipinski definition) is 4. The van der Waals surface area contributed by atoms with Gasteiger partial charge in [0, 0.05) is 38.0 Å². The average molecular weight is 766 g/mol. The monoisotopic (exact) mass is 765 g/mol. The first-order valence-corrected chi connectivity index (χ1v) is 18.8. The van der Waals surface area contributed by atoms with Gasteiger partial charge in [0.2, 0.25) is 0 Å². The van der Waals surface area contributed by atoms with Crippen LogP contribution in [0.25, 0.3) is 0 Å². The third-order valence-corrected chi connectivity index (χ3v) is 12.1. The number of aliphatic hydroxyl groups excluding tert-OH is 2. The van der Waals surface area contributed by atoms with Crippen LogP contribution in [0, 0.1) is 22.7 Å². The van der Waals surface area contributed by atoms with Gasteiger partial charge >= 0.3 is 24.0 Å². The van der Waals surface area contributed by atoms with Crippen LogP contribution in [0.1, 0.15) is 95.4 Å². The van der Waals surface area contributed by atoms with Crippen LogP contribution >= 0.6 is 0 Å². The minimum atomic E-state index is -1.83. The summed E-state index contributed by atoms with van der Waals surface area (Å²) in [6, 6.07) is -1.08. The third kappa shape index (κ3) is 6.97. The quantitative estimate of drug-likeness (QED) is 0.143. The molecular weight excluding hydrogens is 706 g/mol. The molecule has 0 bridgehead atoms. The molecule has 1 amide bonds. The van der Waals surface area contributed by atoms with Crippen LogP contribution in [-0.4, -0.2) is 118 Å². The fourth-order valence-electron chi connectivity index (χ4n) is 9.94. The molecule has 13 atom stereocenters. The second kappa shape index (κ2) is 14.5. The van der Waals surface area contributed by atoms with Gasteiger partial charge in [0.1, 0.15) is 23.9 Å². The summed E-state index contributed by atoms with van der Waals surface area (Å²) in [4.78, 5) is 52.5. The number of esters is 3. The van der Waals surface area contributed by atoms with Crippen molar-refractivity contribution in [2.24, 2.45) is 22.7 Å². The summed E-state index contributed by atoms with van der Waals surface area (Å²) in [5.41, 5.74) is -6.36. The van der Waals surface area contributed by atoms with Gasteiger partial charge in [0.15, 0.2) is 24.1 Å². The molecule has 4 fully saturated rings. The Morgan fingerprint density at radius 3 is 2.20 bits per heavy atom. The predicted molar refractivity (Wildman–Crippen MR) is 190 cm³/mol. The number of carbonyl (C=O) groups is 4. The van der Waals surface area contributed by atoms with E-state index in [2.05, 4.69) is 11.9 Å². The number of fused-ring (bicyclic) bond motifs is 3. The van der Waals surface area contributed by atoms with Gasteiger partial charge in [-0.3, -0.25) is 9.59 Å². The Kier molecular flexibility index (Phi) is 11.3. The molecule has 3 aliphatic carbocycles. The lowest BCUT2D eigenvalue weighted by atomic mass is 9.49. The van der Waals surface area contributed by atoms with E-state index in [0.717, 1.165) is 0 Å². The lowest BCUT2D eigenvalue weighted by Gasteiger charge is -2.67. The lowest BCUT2D eigenvalue weighted by Crippen LogP contribution is -2.80. The van der Waals surface area contributed by atoms with E-state index in [1.165, 1.54) is 33.8 Å². The topological polar surface area (TPSA) is 206 Å². The van der Waals surface area contributed by atoms with Gasteiger partial charge in [-0.1, -0.05) is 27.4 Å². The van der Waals surface area contributed by atoms with E-state index < -0.39 is 113 Å². The Balaban J connectivity index is 1.65. The van der Waals surface area contributed by atoms with E-state index in [1.807, 2.05) is 20.8 Å². The van der Waals surface area contributed by atoms with Gasteiger partial charge in [-0.15, -0.1) is 0 Å². The molecule has 0 spiro atoms. The second-order valence-corrected chi connectivity index (χ2v) is 17.8. The molecule has 0 aromatic heterocycles. The molecule has 0 radical (unpaired) electrons. The smallest absolute Gasteiger partial charge is 0.407 e. The molecule has 2 heterocycles. The Labute approximate surface area is 317 Å². The largest absolute Gasteiger partial charge is 0.456 e. The Morgan fingerprint density at radius 2 is 1.70 bits per heavy atom. The maximum absolute atomic E-state index is 13.9. The van der Waals surface area contributed by atoms with Crippen molar-refractivity contribution in [2.75, 3.05) is 6.61 Å². The summed E-state index contributed by atoms with van der Waals surface area (Å²) in [5.74, 6) is -3.44. The van der Waals surface area contributed by atoms with Gasteiger partial charge in [-0.25, -0.2) is 9.59 Å². The average Bonchev–Trinajstić information content (AvgIpc) is 3.28. The maximum atomic E-state index is 13.9. The molecule has 2 saturated carbocycles. The van der Waals surface area contributed by atoms with Gasteiger partial charge in [0.25, 0.3) is 0 Å². The summed E-state index contributed by atoms with van der Waals surface area (Å²) in [5, 5.41) is 39.5. The van der Waals surface area contributed by atoms with E-state index >= 15 is 0 Å². The van der Waals surface area contributed by atoms with Crippen LogP contribution in [0.2, 0.25) is 0 Å². The summed E-state index contributed by atoms with van der Waals surface area (Å²) < 4.78 is 42.7. The molecule has 2 saturated heterocycles. The van der Waals surface area contributed by atoms with Crippen molar-refractivity contribution < 1.29 is 67.7 Å². The van der Waals surface area contributed by atoms with Gasteiger partial charge in [-0.2, -0.15) is 0 Å². The molecule has 0 aromatic rings. The number of alkyl carbamates (subject to hydrolysis) is 1. The second-order valence-electron chi connectivity index (χ2n) is 17.8. The predicted octanol–water partition coefficient (Wildman–Crippen LogP) is 3.01. The highest BCUT2D eigenvalue weighted by molar-refractivity contribution is 5.77. The van der Waals surface area contributed by atoms with Crippen LogP contribution in [0.3, 0.4) is 0 Å². The molecule has 0 aromatic carbocycles. The van der Waals surface area contributed by atoms with Crippen LogP contribution in [0.5, 0.6) is 0 Å². The summed E-state index contributed by atoms with van der Waals surface area (Å²) in [6.45, 7) is 21.6. The van der Waals surface area contributed by atoms with Gasteiger partial charge < -0.3 is 53.8 Å². The summed E-state index contributed by atoms with van der Waals surface area (Å²) >= 11 is 0. The Morgan fingerprint density at radius 1 is 1.06 bits per heavy atom. The molecule has 4 N–H and O–H groups in total. The van der Waals surface area contributed by atoms with Crippen LogP contribution in [0.15, 0.2) is 23.8 Å². The zero-order chi connectivity index (χ0) is 40.5. The Hall–Kier alpha value is -3.08. The van der Waals surface area contributed by atoms with E-state index in [0.29, 0.717) is 5.57 Å². The minimum absolute atomic E-state index is 0.0521. The highest BCUT2D eigenvalue weighted by Crippen LogP contribution is 2.69. The highest BCUT2D eigenvalue weighted by atomic mass is 16.7. The first kappa shape index (κ1) is 42.1. The number of rotatable bonds is 10. The molecule has 2 aliphatic heterocycles. The van der Waals surface area contributed by atoms with Gasteiger partial charge in [0.05, 0.1) is 35.9 Å². The number of aliphatic hydroxyl groups is 3. The number of carbonyl (C=O) groups excluding carboxylic acids is 4. The maximum Gasteiger partial charge on any atom is 0.407 e. The first-order chi connectivity index (χ1) is 24.8. The number of amides is 1. The molecule has 5 rings (SSSR count). The zero-order valence-electron chi connectivity index (χ0n) is 33.3. The normalized spacial score (nSPS) is 38.4. The standard InChI is InChI=1S/C39H59NO14/c1-13-26-51-24-15-25-39(17-48-25,53-21(6)42)30-31(44)38(36(10,11)47)16-23(19(4)27(38)29(49-20(5)41)32(52-26)37(24,30)12)50-33(45)28(43)22(14-18(2)3)40-34(46)54-35(7,8)9/h13,18,22-26,28-32,43-44,47H,1,14-17H2,2-12H3,(H,40,46)/t22?,23-,24?,25?,26?,28+,29-,30-,31-,32-,37?,38?,39-/m0/s1. The van der Waals surface area contributed by atoms with E-state index in [4.69, 9.17) is 33.2 Å². The SMILES string of the molecule is C=CC1OC2CC3OC[C@@]3(OC(C)=O)[C@H]3[C@H](O)C4(C(C)(C)O)C[C@H](OC(=O)[C@H](O)C(CC(C)C)NC(=O)OC(C)(C)C)C(C)=C4[C@H](OC(C)=O)[C@H](O1)C23C. The highest BCUT2D eigenvalue weighted by Gasteiger charge is 2.80. The molecular formula is C39H59NO14. The summed E-state index contributed by atoms with van der Waals surface area (Å²) in [7, 11) is 0. The van der Waals surface area contributed by atoms with E-state index in [9.17, 15) is 34.5 Å². The molecule has 54 heavy (non-hydrogen) atoms. The summed E-state index contributed by atoms with van der Waals surface area (Å²) in [6.07, 6.45) is -8.35. The molecule has 15 nitrogen and oxygen atoms in total. The lowest BCUT2D eigenvalue weighted by molar-refractivity contribution is -0.393. The van der Waals surface area contributed by atoms with Crippen LogP contribution in [-0.2, 0) is 47.5 Å². The fourth-order valence-corrected chi connectivity index (χ4v) is 9.94. The minimum Gasteiger partial charge on any atom is -0.456 e. The van der Waals surface area contributed by atoms with Gasteiger partial charge in [-0.05, 0) is 71.1 Å². The van der Waals surface area contributed by atoms with Crippen molar-refractivity contribution in [2.45, 2.75) is 167 Å². The van der Waals surface area contributed by atoms with Crippen molar-refractivity contribution in [3.63, 3.8) is 0 Å². The number of ether oxygens (including phenoxy) is 7. The van der Waals surface area contributed by atoms with Crippen molar-refractivity contribution in [3.8, 4) is 0 Å². The van der Waals surface area contributed by atoms with Crippen molar-refractivity contribution in [1.29, 1.82) is 0 Å². The van der Waals surface area contributed by atoms with Crippen molar-refractivity contribution >= 4 is 24.0 Å². The van der Waals surface area contributed by atoms with Crippen molar-refractivity contribution in [3.05, 3.63) is 23.8 Å². The molecule has 304 valence electrons. The zero-order valence-corrected chi connectivity index (χ0v) is 33.3. The molecule has 6 unspecified atom stereocenters. The van der Waals surface area contributed by atoms with Crippen LogP contribution < -0.4 is 5.32 Å². The molecule has 15 heteroatoms. The fraction of sp³-hybridized carbons (Fsp3) is 0.795. The first-order valence-electron chi connectivity index (χ1n) is 18.8. The van der Waals surface area contributed by atoms with Crippen molar-refractivity contribution in [1.82, 2.24) is 5.32 Å². The Bertz CT molecular complexity index is 1550. The number of nitrogens with one attached hydrogen (secondary N) is 1. The van der Waals surface area contributed by atoms with E-state index in [1.54, 1.807) is 27.7 Å². The van der Waals surface area contributed by atoms with E-state index in [-0.39, 0.29) is 37.4 Å². The molecule has 5 aliphatic rings. The number of hydrogen-bond acceptors (Lipinski definition) is 14.